The minimum atomic E-state index is -4.68. The van der Waals surface area contributed by atoms with Crippen molar-refractivity contribution in [1.82, 2.24) is 0 Å². The van der Waals surface area contributed by atoms with Crippen LogP contribution in [0.2, 0.25) is 0 Å². The summed E-state index contributed by atoms with van der Waals surface area (Å²) in [5.74, 6) is -9.61. The van der Waals surface area contributed by atoms with E-state index in [2.05, 4.69) is 0 Å². The molecule has 0 fully saturated rings. The van der Waals surface area contributed by atoms with Gasteiger partial charge in [0.25, 0.3) is 0 Å². The molecule has 0 saturated carbocycles. The fourth-order valence-corrected chi connectivity index (χ4v) is 6.13. The monoisotopic (exact) mass is 403 g/mol. The van der Waals surface area contributed by atoms with Gasteiger partial charge in [-0.3, -0.25) is 0 Å². The van der Waals surface area contributed by atoms with Crippen molar-refractivity contribution in [3.05, 3.63) is 29.1 Å². The highest BCUT2D eigenvalue weighted by Gasteiger charge is 2.38. The van der Waals surface area contributed by atoms with Gasteiger partial charge < -0.3 is 5.11 Å². The zero-order chi connectivity index (χ0) is 19.6. The number of carboxylic acid groups (broad SMARTS) is 1. The Balaban J connectivity index is 3.89. The summed E-state index contributed by atoms with van der Waals surface area (Å²) in [5.41, 5.74) is -3.17. The molecule has 0 saturated heterocycles. The molecule has 0 spiro atoms. The van der Waals surface area contributed by atoms with E-state index < -0.39 is 66.2 Å². The first-order valence-electron chi connectivity index (χ1n) is 7.07. The van der Waals surface area contributed by atoms with Crippen LogP contribution in [0.5, 0.6) is 0 Å². The van der Waals surface area contributed by atoms with Gasteiger partial charge >= 0.3 is 5.97 Å². The molecule has 1 rings (SSSR count). The van der Waals surface area contributed by atoms with Crippen molar-refractivity contribution in [2.45, 2.75) is 26.7 Å². The first-order valence-corrected chi connectivity index (χ1v) is 10.3. The highest BCUT2D eigenvalue weighted by Crippen LogP contribution is 2.31. The minimum Gasteiger partial charge on any atom is -0.477 e. The molecule has 0 unspecified atom stereocenters. The average Bonchev–Trinajstić information content (AvgIpc) is 2.43. The predicted octanol–water partition coefficient (Wildman–Crippen LogP) is 2.09. The summed E-state index contributed by atoms with van der Waals surface area (Å²) < 4.78 is 90.4. The molecule has 0 aliphatic rings. The third kappa shape index (κ3) is 4.24. The van der Waals surface area contributed by atoms with Crippen LogP contribution in [0.15, 0.2) is 6.07 Å². The van der Waals surface area contributed by atoms with Gasteiger partial charge in [-0.05, 0) is 12.8 Å². The molecule has 0 aliphatic carbocycles. The van der Waals surface area contributed by atoms with Crippen LogP contribution in [-0.2, 0) is 20.0 Å². The van der Waals surface area contributed by atoms with Gasteiger partial charge in [-0.15, -0.1) is 0 Å². The standard InChI is InChI=1S/C13H16F3NO6S2/c1-3-5-24(20,21)17(25(22,23)6-4-2)9-7-8(14)11(15)10(12(9)16)13(18)19/h7H,3-6H2,1-2H3,(H,18,19). The van der Waals surface area contributed by atoms with E-state index in [9.17, 15) is 34.8 Å². The van der Waals surface area contributed by atoms with Gasteiger partial charge in [-0.2, -0.15) is 3.71 Å². The number of carboxylic acids is 1. The van der Waals surface area contributed by atoms with Crippen molar-refractivity contribution in [2.24, 2.45) is 0 Å². The molecule has 1 aromatic carbocycles. The molecule has 0 bridgehead atoms. The molecule has 0 atom stereocenters. The summed E-state index contributed by atoms with van der Waals surface area (Å²) in [4.78, 5) is 11.0. The smallest absolute Gasteiger partial charge is 0.341 e. The number of hydrogen-bond donors (Lipinski definition) is 1. The molecule has 0 amide bonds. The Bertz CT molecular complexity index is 848. The summed E-state index contributed by atoms with van der Waals surface area (Å²) in [6.45, 7) is 2.82. The van der Waals surface area contributed by atoms with Gasteiger partial charge in [-0.1, -0.05) is 13.8 Å². The second-order valence-electron chi connectivity index (χ2n) is 5.01. The number of carbonyl (C=O) groups is 1. The van der Waals surface area contributed by atoms with Crippen LogP contribution in [0, 0.1) is 17.5 Å². The molecule has 0 heterocycles. The second kappa shape index (κ2) is 7.60. The van der Waals surface area contributed by atoms with Crippen LogP contribution >= 0.6 is 0 Å². The molecule has 0 aromatic heterocycles. The molecule has 7 nitrogen and oxygen atoms in total. The van der Waals surface area contributed by atoms with Crippen molar-refractivity contribution in [2.75, 3.05) is 15.2 Å². The Labute approximate surface area is 143 Å². The number of anilines is 1. The van der Waals surface area contributed by atoms with E-state index in [1.165, 1.54) is 13.8 Å². The number of rotatable bonds is 8. The summed E-state index contributed by atoms with van der Waals surface area (Å²) in [6.07, 6.45) is -0.0882. The van der Waals surface area contributed by atoms with Crippen LogP contribution < -0.4 is 3.71 Å². The van der Waals surface area contributed by atoms with E-state index in [0.29, 0.717) is 0 Å². The van der Waals surface area contributed by atoms with Crippen LogP contribution in [-0.4, -0.2) is 39.4 Å². The van der Waals surface area contributed by atoms with Crippen molar-refractivity contribution < 1.29 is 39.9 Å². The van der Waals surface area contributed by atoms with Crippen LogP contribution in [0.25, 0.3) is 0 Å². The summed E-state index contributed by atoms with van der Waals surface area (Å²) >= 11 is 0. The van der Waals surface area contributed by atoms with Crippen molar-refractivity contribution >= 4 is 31.7 Å². The second-order valence-corrected chi connectivity index (χ2v) is 9.12. The molecular weight excluding hydrogens is 387 g/mol. The maximum Gasteiger partial charge on any atom is 0.341 e. The maximum atomic E-state index is 14.4. The van der Waals surface area contributed by atoms with Crippen molar-refractivity contribution in [3.8, 4) is 0 Å². The first-order chi connectivity index (χ1) is 11.4. The predicted molar refractivity (Wildman–Crippen MR) is 83.9 cm³/mol. The zero-order valence-electron chi connectivity index (χ0n) is 13.3. The maximum absolute atomic E-state index is 14.4. The van der Waals surface area contributed by atoms with Gasteiger partial charge in [0.2, 0.25) is 20.0 Å². The Morgan fingerprint density at radius 2 is 1.44 bits per heavy atom. The molecule has 1 aromatic rings. The highest BCUT2D eigenvalue weighted by atomic mass is 32.3. The lowest BCUT2D eigenvalue weighted by Crippen LogP contribution is -2.40. The van der Waals surface area contributed by atoms with Gasteiger partial charge in [0.05, 0.1) is 11.5 Å². The normalized spacial score (nSPS) is 12.2. The lowest BCUT2D eigenvalue weighted by molar-refractivity contribution is 0.0685. The largest absolute Gasteiger partial charge is 0.477 e. The topological polar surface area (TPSA) is 109 Å². The number of halogens is 3. The van der Waals surface area contributed by atoms with E-state index in [1.54, 1.807) is 0 Å². The zero-order valence-corrected chi connectivity index (χ0v) is 14.9. The van der Waals surface area contributed by atoms with Crippen LogP contribution in [0.3, 0.4) is 0 Å². The number of benzene rings is 1. The Morgan fingerprint density at radius 3 is 1.80 bits per heavy atom. The van der Waals surface area contributed by atoms with E-state index in [4.69, 9.17) is 5.11 Å². The third-order valence-electron chi connectivity index (χ3n) is 2.98. The van der Waals surface area contributed by atoms with Crippen molar-refractivity contribution in [1.29, 1.82) is 0 Å². The van der Waals surface area contributed by atoms with E-state index in [1.807, 2.05) is 0 Å². The van der Waals surface area contributed by atoms with Crippen LogP contribution in [0.4, 0.5) is 18.9 Å². The summed E-state index contributed by atoms with van der Waals surface area (Å²) in [6, 6.07) is 0.0114. The molecule has 0 aliphatic heterocycles. The highest BCUT2D eigenvalue weighted by molar-refractivity contribution is 8.10. The molecular formula is C13H16F3NO6S2. The Morgan fingerprint density at radius 1 is 1.00 bits per heavy atom. The lowest BCUT2D eigenvalue weighted by Gasteiger charge is -2.24. The number of sulfonamides is 2. The van der Waals surface area contributed by atoms with E-state index in [0.717, 1.165) is 0 Å². The SMILES string of the molecule is CCCS(=O)(=O)N(c1cc(F)c(F)c(C(=O)O)c1F)S(=O)(=O)CCC. The number of aromatic carboxylic acids is 1. The first kappa shape index (κ1) is 21.2. The Hall–Kier alpha value is -1.82. The van der Waals surface area contributed by atoms with Gasteiger partial charge in [0.1, 0.15) is 11.3 Å². The summed E-state index contributed by atoms with van der Waals surface area (Å²) in [5, 5.41) is 8.83. The molecule has 1 N–H and O–H groups in total. The fourth-order valence-electron chi connectivity index (χ4n) is 2.07. The van der Waals surface area contributed by atoms with E-state index in [-0.39, 0.29) is 22.6 Å². The quantitative estimate of drug-likeness (QED) is 0.666. The van der Waals surface area contributed by atoms with Crippen molar-refractivity contribution in [3.63, 3.8) is 0 Å². The lowest BCUT2D eigenvalue weighted by atomic mass is 10.1. The average molecular weight is 403 g/mol. The van der Waals surface area contributed by atoms with Gasteiger partial charge in [-0.25, -0.2) is 34.8 Å². The number of nitrogens with zero attached hydrogens (tertiary/aromatic N) is 1. The molecule has 0 radical (unpaired) electrons. The molecule has 12 heteroatoms. The van der Waals surface area contributed by atoms with Crippen LogP contribution in [0.1, 0.15) is 37.0 Å². The summed E-state index contributed by atoms with van der Waals surface area (Å²) in [7, 11) is -9.35. The number of hydrogen-bond acceptors (Lipinski definition) is 5. The van der Waals surface area contributed by atoms with E-state index >= 15 is 0 Å². The van der Waals surface area contributed by atoms with Gasteiger partial charge in [0.15, 0.2) is 17.5 Å². The van der Waals surface area contributed by atoms with Gasteiger partial charge in [0, 0.05) is 6.07 Å². The minimum absolute atomic E-state index is 0.0114. The fraction of sp³-hybridized carbons (Fsp3) is 0.462. The Kier molecular flexibility index (Phi) is 6.45. The molecule has 142 valence electrons. The molecule has 25 heavy (non-hydrogen) atoms. The third-order valence-corrected chi connectivity index (χ3v) is 7.59.